The molecule has 1 fully saturated rings. The molecule has 0 radical (unpaired) electrons. The minimum atomic E-state index is -3.79. The van der Waals surface area contributed by atoms with Crippen molar-refractivity contribution in [1.29, 1.82) is 0 Å². The molecule has 0 spiro atoms. The van der Waals surface area contributed by atoms with Gasteiger partial charge < -0.3 is 9.32 Å². The third kappa shape index (κ3) is 5.83. The SMILES string of the molecule is Cc1ccc(S(=O)(=O)NCc2ccco2)cc1C(=O)N1CCN(Cc2cccc(Cl)c2)CC1. The zero-order valence-corrected chi connectivity index (χ0v) is 19.9. The Morgan fingerprint density at radius 3 is 2.55 bits per heavy atom. The number of halogens is 1. The Morgan fingerprint density at radius 1 is 1.06 bits per heavy atom. The van der Waals surface area contributed by atoms with Crippen LogP contribution in [0.25, 0.3) is 0 Å². The average molecular weight is 488 g/mol. The highest BCUT2D eigenvalue weighted by molar-refractivity contribution is 7.89. The van der Waals surface area contributed by atoms with Gasteiger partial charge in [-0.1, -0.05) is 29.8 Å². The first-order valence-electron chi connectivity index (χ1n) is 10.7. The molecule has 7 nitrogen and oxygen atoms in total. The number of nitrogens with zero attached hydrogens (tertiary/aromatic N) is 2. The first kappa shape index (κ1) is 23.5. The first-order chi connectivity index (χ1) is 15.8. The second-order valence-electron chi connectivity index (χ2n) is 8.08. The molecule has 1 N–H and O–H groups in total. The summed E-state index contributed by atoms with van der Waals surface area (Å²) < 4.78 is 33.2. The number of carbonyl (C=O) groups excluding carboxylic acids is 1. The minimum absolute atomic E-state index is 0.0427. The molecule has 3 aromatic rings. The molecule has 1 aliphatic rings. The van der Waals surface area contributed by atoms with Crippen LogP contribution < -0.4 is 4.72 Å². The zero-order chi connectivity index (χ0) is 23.4. The second-order valence-corrected chi connectivity index (χ2v) is 10.3. The van der Waals surface area contributed by atoms with Crippen LogP contribution in [0.1, 0.15) is 27.2 Å². The van der Waals surface area contributed by atoms with Crippen molar-refractivity contribution < 1.29 is 17.6 Å². The summed E-state index contributed by atoms with van der Waals surface area (Å²) in [4.78, 5) is 17.3. The summed E-state index contributed by atoms with van der Waals surface area (Å²) in [6, 6.07) is 15.8. The summed E-state index contributed by atoms with van der Waals surface area (Å²) in [6.07, 6.45) is 1.49. The molecule has 0 atom stereocenters. The average Bonchev–Trinajstić information content (AvgIpc) is 3.32. The van der Waals surface area contributed by atoms with Gasteiger partial charge in [-0.2, -0.15) is 0 Å². The summed E-state index contributed by atoms with van der Waals surface area (Å²) in [5.74, 6) is 0.357. The molecule has 1 aromatic heterocycles. The second kappa shape index (κ2) is 10.1. The van der Waals surface area contributed by atoms with E-state index < -0.39 is 10.0 Å². The van der Waals surface area contributed by atoms with Crippen molar-refractivity contribution >= 4 is 27.5 Å². The summed E-state index contributed by atoms with van der Waals surface area (Å²) in [5, 5.41) is 0.713. The predicted octanol–water partition coefficient (Wildman–Crippen LogP) is 3.68. The van der Waals surface area contributed by atoms with E-state index in [9.17, 15) is 13.2 Å². The molecular weight excluding hydrogens is 462 g/mol. The molecule has 1 aliphatic heterocycles. The van der Waals surface area contributed by atoms with Crippen LogP contribution in [0, 0.1) is 6.92 Å². The maximum Gasteiger partial charge on any atom is 0.254 e. The van der Waals surface area contributed by atoms with E-state index in [-0.39, 0.29) is 17.3 Å². The van der Waals surface area contributed by atoms with Crippen molar-refractivity contribution in [3.8, 4) is 0 Å². The van der Waals surface area contributed by atoms with Crippen LogP contribution in [0.3, 0.4) is 0 Å². The fraction of sp³-hybridized carbons (Fsp3) is 0.292. The Balaban J connectivity index is 1.41. The highest BCUT2D eigenvalue weighted by Gasteiger charge is 2.25. The van der Waals surface area contributed by atoms with Gasteiger partial charge in [0.15, 0.2) is 0 Å². The maximum absolute atomic E-state index is 13.2. The Labute approximate surface area is 199 Å². The van der Waals surface area contributed by atoms with E-state index in [2.05, 4.69) is 9.62 Å². The number of aryl methyl sites for hydroxylation is 1. The van der Waals surface area contributed by atoms with E-state index >= 15 is 0 Å². The van der Waals surface area contributed by atoms with Gasteiger partial charge in [-0.15, -0.1) is 0 Å². The lowest BCUT2D eigenvalue weighted by Crippen LogP contribution is -2.48. The fourth-order valence-corrected chi connectivity index (χ4v) is 5.07. The van der Waals surface area contributed by atoms with Crippen LogP contribution in [-0.4, -0.2) is 50.3 Å². The molecule has 0 bridgehead atoms. The minimum Gasteiger partial charge on any atom is -0.468 e. The third-order valence-corrected chi connectivity index (χ3v) is 7.35. The van der Waals surface area contributed by atoms with Gasteiger partial charge in [-0.3, -0.25) is 9.69 Å². The van der Waals surface area contributed by atoms with Gasteiger partial charge in [0.25, 0.3) is 5.91 Å². The monoisotopic (exact) mass is 487 g/mol. The Hall–Kier alpha value is -2.65. The highest BCUT2D eigenvalue weighted by atomic mass is 35.5. The van der Waals surface area contributed by atoms with E-state index in [1.807, 2.05) is 31.2 Å². The number of furan rings is 1. The molecule has 1 saturated heterocycles. The quantitative estimate of drug-likeness (QED) is 0.549. The third-order valence-electron chi connectivity index (χ3n) is 5.72. The van der Waals surface area contributed by atoms with Gasteiger partial charge in [-0.05, 0) is 54.4 Å². The molecule has 2 aromatic carbocycles. The van der Waals surface area contributed by atoms with Gasteiger partial charge in [0.2, 0.25) is 10.0 Å². The van der Waals surface area contributed by atoms with Crippen LogP contribution in [0.15, 0.2) is 70.2 Å². The lowest BCUT2D eigenvalue weighted by atomic mass is 10.1. The molecular formula is C24H26ClN3O4S. The molecule has 9 heteroatoms. The van der Waals surface area contributed by atoms with E-state index in [0.717, 1.165) is 30.8 Å². The molecule has 1 amide bonds. The van der Waals surface area contributed by atoms with Crippen molar-refractivity contribution in [1.82, 2.24) is 14.5 Å². The molecule has 2 heterocycles. The number of nitrogens with one attached hydrogen (secondary N) is 1. The number of benzene rings is 2. The van der Waals surface area contributed by atoms with Gasteiger partial charge in [0, 0.05) is 43.3 Å². The first-order valence-corrected chi connectivity index (χ1v) is 12.6. The van der Waals surface area contributed by atoms with E-state index in [4.69, 9.17) is 16.0 Å². The van der Waals surface area contributed by atoms with E-state index in [0.29, 0.717) is 29.4 Å². The van der Waals surface area contributed by atoms with Crippen molar-refractivity contribution in [2.75, 3.05) is 26.2 Å². The Morgan fingerprint density at radius 2 is 1.85 bits per heavy atom. The van der Waals surface area contributed by atoms with E-state index in [1.165, 1.54) is 18.4 Å². The van der Waals surface area contributed by atoms with Crippen LogP contribution in [0.4, 0.5) is 0 Å². The summed E-state index contributed by atoms with van der Waals surface area (Å²) in [6.45, 7) is 5.26. The Kier molecular flexibility index (Phi) is 7.19. The fourth-order valence-electron chi connectivity index (χ4n) is 3.83. The number of rotatable bonds is 7. The highest BCUT2D eigenvalue weighted by Crippen LogP contribution is 2.20. The zero-order valence-electron chi connectivity index (χ0n) is 18.3. The lowest BCUT2D eigenvalue weighted by Gasteiger charge is -2.35. The molecule has 174 valence electrons. The largest absolute Gasteiger partial charge is 0.468 e. The van der Waals surface area contributed by atoms with Crippen LogP contribution in [-0.2, 0) is 23.1 Å². The summed E-state index contributed by atoms with van der Waals surface area (Å²) in [5.41, 5.74) is 2.28. The smallest absolute Gasteiger partial charge is 0.254 e. The van der Waals surface area contributed by atoms with E-state index in [1.54, 1.807) is 23.1 Å². The maximum atomic E-state index is 13.2. The number of amides is 1. The predicted molar refractivity (Wildman–Crippen MR) is 127 cm³/mol. The van der Waals surface area contributed by atoms with Crippen molar-refractivity contribution in [3.63, 3.8) is 0 Å². The number of hydrogen-bond donors (Lipinski definition) is 1. The summed E-state index contributed by atoms with van der Waals surface area (Å²) >= 11 is 6.08. The number of piperazine rings is 1. The molecule has 0 saturated carbocycles. The van der Waals surface area contributed by atoms with Gasteiger partial charge in [0.1, 0.15) is 5.76 Å². The van der Waals surface area contributed by atoms with Gasteiger partial charge >= 0.3 is 0 Å². The standard InChI is InChI=1S/C24H26ClN3O4S/c1-18-7-8-22(33(30,31)26-16-21-6-3-13-32-21)15-23(18)24(29)28-11-9-27(10-12-28)17-19-4-2-5-20(25)14-19/h2-8,13-15,26H,9-12,16-17H2,1H3. The van der Waals surface area contributed by atoms with Crippen molar-refractivity contribution in [2.45, 2.75) is 24.9 Å². The number of sulfonamides is 1. The van der Waals surface area contributed by atoms with Gasteiger partial charge in [-0.25, -0.2) is 13.1 Å². The van der Waals surface area contributed by atoms with Crippen LogP contribution >= 0.6 is 11.6 Å². The lowest BCUT2D eigenvalue weighted by molar-refractivity contribution is 0.0627. The molecule has 33 heavy (non-hydrogen) atoms. The van der Waals surface area contributed by atoms with Gasteiger partial charge in [0.05, 0.1) is 17.7 Å². The molecule has 0 aliphatic carbocycles. The molecule has 0 unspecified atom stereocenters. The van der Waals surface area contributed by atoms with Crippen LogP contribution in [0.5, 0.6) is 0 Å². The number of carbonyl (C=O) groups is 1. The van der Waals surface area contributed by atoms with Crippen LogP contribution in [0.2, 0.25) is 5.02 Å². The normalized spacial score (nSPS) is 15.0. The topological polar surface area (TPSA) is 82.9 Å². The molecule has 4 rings (SSSR count). The Bertz CT molecular complexity index is 1220. The summed E-state index contributed by atoms with van der Waals surface area (Å²) in [7, 11) is -3.79. The van der Waals surface area contributed by atoms with Crippen molar-refractivity contribution in [2.24, 2.45) is 0 Å². The number of hydrogen-bond acceptors (Lipinski definition) is 5. The van der Waals surface area contributed by atoms with Crippen molar-refractivity contribution in [3.05, 3.63) is 88.3 Å².